The van der Waals surface area contributed by atoms with Gasteiger partial charge in [0.1, 0.15) is 11.6 Å². The van der Waals surface area contributed by atoms with Gasteiger partial charge in [0.25, 0.3) is 0 Å². The van der Waals surface area contributed by atoms with Gasteiger partial charge < -0.3 is 16.2 Å². The fourth-order valence-electron chi connectivity index (χ4n) is 3.79. The second kappa shape index (κ2) is 8.55. The monoisotopic (exact) mass is 378 g/mol. The summed E-state index contributed by atoms with van der Waals surface area (Å²) in [6.45, 7) is 4.92. The van der Waals surface area contributed by atoms with Gasteiger partial charge in [0, 0.05) is 12.1 Å². The summed E-state index contributed by atoms with van der Waals surface area (Å²) in [4.78, 5) is 0. The van der Waals surface area contributed by atoms with E-state index >= 15 is 0 Å². The van der Waals surface area contributed by atoms with Gasteiger partial charge in [0.15, 0.2) is 0 Å². The summed E-state index contributed by atoms with van der Waals surface area (Å²) in [7, 11) is 1.54. The second-order valence-corrected chi connectivity index (χ2v) is 6.95. The third-order valence-electron chi connectivity index (χ3n) is 5.37. The Balaban J connectivity index is 2.16. The minimum absolute atomic E-state index is 0.0986. The zero-order valence-corrected chi connectivity index (χ0v) is 16.7. The van der Waals surface area contributed by atoms with Crippen LogP contribution in [-0.2, 0) is 13.0 Å². The average Bonchev–Trinajstić information content (AvgIpc) is 2.69. The van der Waals surface area contributed by atoms with E-state index in [0.717, 1.165) is 28.7 Å². The van der Waals surface area contributed by atoms with E-state index in [1.807, 2.05) is 18.2 Å². The molecule has 4 heteroatoms. The van der Waals surface area contributed by atoms with Crippen molar-refractivity contribution in [3.63, 3.8) is 0 Å². The molecule has 3 nitrogen and oxygen atoms in total. The van der Waals surface area contributed by atoms with Crippen molar-refractivity contribution in [1.82, 2.24) is 0 Å². The summed E-state index contributed by atoms with van der Waals surface area (Å²) >= 11 is 0. The molecule has 4 N–H and O–H groups in total. The Bertz CT molecular complexity index is 998. The number of halogens is 1. The summed E-state index contributed by atoms with van der Waals surface area (Å²) in [5.41, 5.74) is 19.5. The van der Waals surface area contributed by atoms with Crippen LogP contribution in [0.5, 0.6) is 5.75 Å². The molecule has 28 heavy (non-hydrogen) atoms. The number of benzene rings is 3. The Hall–Kier alpha value is -2.69. The first kappa shape index (κ1) is 20.1. The Kier molecular flexibility index (Phi) is 6.12. The van der Waals surface area contributed by atoms with E-state index in [0.29, 0.717) is 17.9 Å². The molecule has 0 saturated heterocycles. The molecule has 0 saturated carbocycles. The molecular formula is C24H27FN2O. The highest BCUT2D eigenvalue weighted by molar-refractivity contribution is 5.80. The minimum atomic E-state index is -0.345. The van der Waals surface area contributed by atoms with Crippen LogP contribution in [0.2, 0.25) is 0 Å². The van der Waals surface area contributed by atoms with Gasteiger partial charge in [-0.3, -0.25) is 0 Å². The molecule has 0 unspecified atom stereocenters. The van der Waals surface area contributed by atoms with Gasteiger partial charge in [-0.1, -0.05) is 36.4 Å². The zero-order chi connectivity index (χ0) is 20.3. The predicted octanol–water partition coefficient (Wildman–Crippen LogP) is 4.75. The minimum Gasteiger partial charge on any atom is -0.496 e. The SMILES string of the molecule is COc1cc(-c2cccc(-c3cccc(CCN)c3C)c2C)cc(F)c1CN. The van der Waals surface area contributed by atoms with E-state index in [1.165, 1.54) is 29.9 Å². The van der Waals surface area contributed by atoms with Crippen molar-refractivity contribution in [3.05, 3.63) is 76.6 Å². The molecule has 0 heterocycles. The van der Waals surface area contributed by atoms with E-state index in [-0.39, 0.29) is 12.4 Å². The van der Waals surface area contributed by atoms with E-state index in [9.17, 15) is 4.39 Å². The standard InChI is InChI=1S/C24H27FN2O/c1-15-17(10-11-26)6-4-8-20(15)21-9-5-7-19(16(21)2)18-12-23(25)22(14-27)24(13-18)28-3/h4-9,12-13H,10-11,14,26-27H2,1-3H3. The molecule has 3 aromatic rings. The van der Waals surface area contributed by atoms with E-state index in [2.05, 4.69) is 38.1 Å². The summed E-state index contributed by atoms with van der Waals surface area (Å²) in [5.74, 6) is 0.131. The van der Waals surface area contributed by atoms with Crippen molar-refractivity contribution in [2.24, 2.45) is 11.5 Å². The van der Waals surface area contributed by atoms with Gasteiger partial charge in [-0.2, -0.15) is 0 Å². The molecular weight excluding hydrogens is 351 g/mol. The van der Waals surface area contributed by atoms with Gasteiger partial charge in [-0.15, -0.1) is 0 Å². The largest absolute Gasteiger partial charge is 0.496 e. The zero-order valence-electron chi connectivity index (χ0n) is 16.7. The number of methoxy groups -OCH3 is 1. The third kappa shape index (κ3) is 3.66. The maximum atomic E-state index is 14.6. The molecule has 0 spiro atoms. The Labute approximate surface area is 166 Å². The van der Waals surface area contributed by atoms with Gasteiger partial charge in [0.05, 0.1) is 7.11 Å². The molecule has 0 atom stereocenters. The number of nitrogens with two attached hydrogens (primary N) is 2. The number of hydrogen-bond acceptors (Lipinski definition) is 3. The Morgan fingerprint density at radius 1 is 0.893 bits per heavy atom. The van der Waals surface area contributed by atoms with Crippen LogP contribution >= 0.6 is 0 Å². The third-order valence-corrected chi connectivity index (χ3v) is 5.37. The normalized spacial score (nSPS) is 10.9. The second-order valence-electron chi connectivity index (χ2n) is 6.95. The van der Waals surface area contributed by atoms with Crippen molar-refractivity contribution in [2.75, 3.05) is 13.7 Å². The van der Waals surface area contributed by atoms with Crippen molar-refractivity contribution in [3.8, 4) is 28.0 Å². The molecule has 0 aromatic heterocycles. The van der Waals surface area contributed by atoms with Gasteiger partial charge >= 0.3 is 0 Å². The number of hydrogen-bond donors (Lipinski definition) is 2. The first-order chi connectivity index (χ1) is 13.5. The van der Waals surface area contributed by atoms with Crippen LogP contribution in [0, 0.1) is 19.7 Å². The van der Waals surface area contributed by atoms with Crippen LogP contribution in [0.4, 0.5) is 4.39 Å². The van der Waals surface area contributed by atoms with Crippen LogP contribution in [0.1, 0.15) is 22.3 Å². The molecule has 0 aliphatic carbocycles. The molecule has 3 rings (SSSR count). The smallest absolute Gasteiger partial charge is 0.132 e. The fourth-order valence-corrected chi connectivity index (χ4v) is 3.79. The van der Waals surface area contributed by atoms with Crippen LogP contribution in [0.3, 0.4) is 0 Å². The van der Waals surface area contributed by atoms with Crippen molar-refractivity contribution in [2.45, 2.75) is 26.8 Å². The highest BCUT2D eigenvalue weighted by Crippen LogP contribution is 2.36. The summed E-state index contributed by atoms with van der Waals surface area (Å²) < 4.78 is 19.9. The lowest BCUT2D eigenvalue weighted by molar-refractivity contribution is 0.405. The van der Waals surface area contributed by atoms with E-state index in [1.54, 1.807) is 0 Å². The summed E-state index contributed by atoms with van der Waals surface area (Å²) in [5, 5.41) is 0. The van der Waals surface area contributed by atoms with Crippen LogP contribution in [0.15, 0.2) is 48.5 Å². The lowest BCUT2D eigenvalue weighted by atomic mass is 9.88. The quantitative estimate of drug-likeness (QED) is 0.651. The van der Waals surface area contributed by atoms with Crippen molar-refractivity contribution >= 4 is 0 Å². The maximum Gasteiger partial charge on any atom is 0.132 e. The molecule has 0 radical (unpaired) electrons. The fraction of sp³-hybridized carbons (Fsp3) is 0.250. The van der Waals surface area contributed by atoms with E-state index in [4.69, 9.17) is 16.2 Å². The number of ether oxygens (including phenoxy) is 1. The molecule has 146 valence electrons. The van der Waals surface area contributed by atoms with Crippen LogP contribution < -0.4 is 16.2 Å². The predicted molar refractivity (Wildman–Crippen MR) is 114 cm³/mol. The van der Waals surface area contributed by atoms with Crippen LogP contribution in [0.25, 0.3) is 22.3 Å². The van der Waals surface area contributed by atoms with Gasteiger partial charge in [-0.25, -0.2) is 4.39 Å². The van der Waals surface area contributed by atoms with E-state index < -0.39 is 0 Å². The Morgan fingerprint density at radius 3 is 2.18 bits per heavy atom. The average molecular weight is 378 g/mol. The van der Waals surface area contributed by atoms with Gasteiger partial charge in [-0.05, 0) is 77.9 Å². The lowest BCUT2D eigenvalue weighted by Gasteiger charge is -2.17. The van der Waals surface area contributed by atoms with Gasteiger partial charge in [0.2, 0.25) is 0 Å². The lowest BCUT2D eigenvalue weighted by Crippen LogP contribution is -2.05. The highest BCUT2D eigenvalue weighted by atomic mass is 19.1. The number of rotatable bonds is 6. The van der Waals surface area contributed by atoms with Crippen molar-refractivity contribution < 1.29 is 9.13 Å². The Morgan fingerprint density at radius 2 is 1.54 bits per heavy atom. The summed E-state index contributed by atoms with van der Waals surface area (Å²) in [6, 6.07) is 15.8. The summed E-state index contributed by atoms with van der Waals surface area (Å²) in [6.07, 6.45) is 0.849. The topological polar surface area (TPSA) is 61.3 Å². The molecule has 0 fully saturated rings. The maximum absolute atomic E-state index is 14.6. The molecule has 0 bridgehead atoms. The van der Waals surface area contributed by atoms with Crippen LogP contribution in [-0.4, -0.2) is 13.7 Å². The first-order valence-corrected chi connectivity index (χ1v) is 9.47. The van der Waals surface area contributed by atoms with Crippen molar-refractivity contribution in [1.29, 1.82) is 0 Å². The first-order valence-electron chi connectivity index (χ1n) is 9.47. The molecule has 0 aliphatic rings. The molecule has 3 aromatic carbocycles. The molecule has 0 aliphatic heterocycles. The molecule has 0 amide bonds. The highest BCUT2D eigenvalue weighted by Gasteiger charge is 2.15.